The fourth-order valence-corrected chi connectivity index (χ4v) is 4.34. The van der Waals surface area contributed by atoms with Gasteiger partial charge >= 0.3 is 0 Å². The second-order valence-electron chi connectivity index (χ2n) is 5.32. The molecule has 1 aliphatic rings. The van der Waals surface area contributed by atoms with Crippen LogP contribution in [0.15, 0.2) is 69.1 Å². The number of hydrogen-bond donors (Lipinski definition) is 0. The van der Waals surface area contributed by atoms with Crippen molar-refractivity contribution in [3.8, 4) is 0 Å². The maximum Gasteiger partial charge on any atom is 0.242 e. The molecule has 1 fully saturated rings. The maximum absolute atomic E-state index is 12.7. The third kappa shape index (κ3) is 4.68. The highest BCUT2D eigenvalue weighted by molar-refractivity contribution is 9.10. The molecule has 1 saturated heterocycles. The molecule has 0 saturated carbocycles. The highest BCUT2D eigenvalue weighted by Crippen LogP contribution is 2.30. The Bertz CT molecular complexity index is 800. The van der Waals surface area contributed by atoms with Crippen molar-refractivity contribution in [1.29, 1.82) is 0 Å². The van der Waals surface area contributed by atoms with Gasteiger partial charge < -0.3 is 0 Å². The highest BCUT2D eigenvalue weighted by atomic mass is 79.9. The summed E-state index contributed by atoms with van der Waals surface area (Å²) < 4.78 is 1.03. The van der Waals surface area contributed by atoms with E-state index in [1.807, 2.05) is 41.8 Å². The van der Waals surface area contributed by atoms with Crippen LogP contribution < -0.4 is 0 Å². The van der Waals surface area contributed by atoms with E-state index in [0.29, 0.717) is 18.1 Å². The van der Waals surface area contributed by atoms with Gasteiger partial charge in [-0.2, -0.15) is 5.10 Å². The van der Waals surface area contributed by atoms with Gasteiger partial charge in [0.1, 0.15) is 0 Å². The minimum Gasteiger partial charge on any atom is -0.285 e. The van der Waals surface area contributed by atoms with E-state index in [4.69, 9.17) is 0 Å². The van der Waals surface area contributed by atoms with Gasteiger partial charge in [0.25, 0.3) is 0 Å². The summed E-state index contributed by atoms with van der Waals surface area (Å²) in [4.78, 5) is 15.4. The molecule has 0 aliphatic carbocycles. The van der Waals surface area contributed by atoms with Crippen LogP contribution in [0.25, 0.3) is 0 Å². The lowest BCUT2D eigenvalue weighted by atomic mass is 10.1. The van der Waals surface area contributed by atoms with Gasteiger partial charge in [-0.25, -0.2) is 0 Å². The number of amides is 1. The number of carbonyl (C=O) groups excluding carboxylic acids is 1. The molecule has 25 heavy (non-hydrogen) atoms. The number of rotatable bonds is 6. The summed E-state index contributed by atoms with van der Waals surface area (Å²) in [5.74, 6) is 0.0536. The van der Waals surface area contributed by atoms with E-state index in [1.54, 1.807) is 28.5 Å². The topological polar surface area (TPSA) is 45.0 Å². The predicted molar refractivity (Wildman–Crippen MR) is 110 cm³/mol. The van der Waals surface area contributed by atoms with Gasteiger partial charge in [-0.1, -0.05) is 52.0 Å². The lowest BCUT2D eigenvalue weighted by Gasteiger charge is -2.12. The van der Waals surface area contributed by atoms with E-state index in [1.165, 1.54) is 11.8 Å². The molecule has 2 heterocycles. The SMILES string of the molecule is C=CCN1C(=O)[C@H](Cc2ccc(Br)cc2)S/C1=N/N=C\c1cccs1. The fraction of sp³-hybridized carbons (Fsp3) is 0.167. The number of halogens is 1. The molecule has 2 aromatic rings. The maximum atomic E-state index is 12.7. The van der Waals surface area contributed by atoms with Gasteiger partial charge in [0.2, 0.25) is 5.91 Å². The van der Waals surface area contributed by atoms with E-state index in [-0.39, 0.29) is 11.2 Å². The summed E-state index contributed by atoms with van der Waals surface area (Å²) in [6.07, 6.45) is 4.08. The fourth-order valence-electron chi connectivity index (χ4n) is 2.35. The standard InChI is InChI=1S/C18H16BrN3OS2/c1-2-9-22-17(23)16(11-13-5-7-14(19)8-6-13)25-18(22)21-20-12-15-4-3-10-24-15/h2-8,10,12,16H,1,9,11H2/b20-12-,21-18+/t16-/m0/s1. The van der Waals surface area contributed by atoms with Crippen molar-refractivity contribution >= 4 is 56.3 Å². The molecule has 0 N–H and O–H groups in total. The van der Waals surface area contributed by atoms with Crippen molar-refractivity contribution in [2.24, 2.45) is 10.2 Å². The first kappa shape index (κ1) is 18.1. The molecule has 0 spiro atoms. The predicted octanol–water partition coefficient (Wildman–Crippen LogP) is 4.57. The largest absolute Gasteiger partial charge is 0.285 e. The summed E-state index contributed by atoms with van der Waals surface area (Å²) in [6, 6.07) is 12.0. The normalized spacial score (nSPS) is 19.2. The highest BCUT2D eigenvalue weighted by Gasteiger charge is 2.37. The van der Waals surface area contributed by atoms with Crippen LogP contribution in [0, 0.1) is 0 Å². The minimum atomic E-state index is -0.184. The number of benzene rings is 1. The number of carbonyl (C=O) groups is 1. The third-order valence-electron chi connectivity index (χ3n) is 3.54. The number of thioether (sulfide) groups is 1. The Kier molecular flexibility index (Phi) is 6.23. The Morgan fingerprint density at radius 1 is 1.28 bits per heavy atom. The molecule has 1 atom stereocenters. The molecule has 1 amide bonds. The Labute approximate surface area is 163 Å². The number of hydrogen-bond acceptors (Lipinski definition) is 5. The van der Waals surface area contributed by atoms with Gasteiger partial charge in [-0.15, -0.1) is 23.0 Å². The van der Waals surface area contributed by atoms with Crippen LogP contribution in [0.5, 0.6) is 0 Å². The van der Waals surface area contributed by atoms with Crippen LogP contribution in [0.4, 0.5) is 0 Å². The zero-order valence-corrected chi connectivity index (χ0v) is 16.6. The number of nitrogens with zero attached hydrogens (tertiary/aromatic N) is 3. The first-order valence-corrected chi connectivity index (χ1v) is 10.2. The van der Waals surface area contributed by atoms with Crippen molar-refractivity contribution in [3.05, 3.63) is 69.3 Å². The first-order chi connectivity index (χ1) is 12.2. The quantitative estimate of drug-likeness (QED) is 0.380. The van der Waals surface area contributed by atoms with E-state index < -0.39 is 0 Å². The molecule has 0 radical (unpaired) electrons. The summed E-state index contributed by atoms with van der Waals surface area (Å²) in [7, 11) is 0. The average Bonchev–Trinajstić information content (AvgIpc) is 3.21. The molecule has 3 rings (SSSR count). The van der Waals surface area contributed by atoms with Gasteiger partial charge in [0.15, 0.2) is 5.17 Å². The Hall–Kier alpha value is -1.70. The molecule has 7 heteroatoms. The van der Waals surface area contributed by atoms with E-state index >= 15 is 0 Å². The Morgan fingerprint density at radius 2 is 2.08 bits per heavy atom. The van der Waals surface area contributed by atoms with Crippen LogP contribution >= 0.6 is 39.0 Å². The monoisotopic (exact) mass is 433 g/mol. The Balaban J connectivity index is 1.74. The summed E-state index contributed by atoms with van der Waals surface area (Å²) >= 11 is 6.48. The molecule has 0 bridgehead atoms. The zero-order valence-electron chi connectivity index (χ0n) is 13.3. The molecule has 4 nitrogen and oxygen atoms in total. The van der Waals surface area contributed by atoms with Crippen molar-refractivity contribution in [2.45, 2.75) is 11.7 Å². The van der Waals surface area contributed by atoms with Crippen LogP contribution in [0.2, 0.25) is 0 Å². The smallest absolute Gasteiger partial charge is 0.242 e. The summed E-state index contributed by atoms with van der Waals surface area (Å²) in [6.45, 7) is 4.17. The molecule has 1 aromatic heterocycles. The van der Waals surface area contributed by atoms with Crippen molar-refractivity contribution < 1.29 is 4.79 Å². The van der Waals surface area contributed by atoms with Crippen LogP contribution in [0.1, 0.15) is 10.4 Å². The van der Waals surface area contributed by atoms with Crippen LogP contribution in [0.3, 0.4) is 0 Å². The van der Waals surface area contributed by atoms with Crippen molar-refractivity contribution in [1.82, 2.24) is 4.90 Å². The average molecular weight is 434 g/mol. The molecular weight excluding hydrogens is 418 g/mol. The molecule has 1 aliphatic heterocycles. The Morgan fingerprint density at radius 3 is 2.76 bits per heavy atom. The lowest BCUT2D eigenvalue weighted by molar-refractivity contribution is -0.125. The van der Waals surface area contributed by atoms with Gasteiger partial charge in [-0.05, 0) is 35.6 Å². The van der Waals surface area contributed by atoms with Crippen LogP contribution in [-0.4, -0.2) is 34.0 Å². The van der Waals surface area contributed by atoms with Crippen molar-refractivity contribution in [3.63, 3.8) is 0 Å². The van der Waals surface area contributed by atoms with E-state index in [0.717, 1.165) is 14.9 Å². The zero-order chi connectivity index (χ0) is 17.6. The molecule has 128 valence electrons. The second-order valence-corrected chi connectivity index (χ2v) is 8.38. The number of thiophene rings is 1. The van der Waals surface area contributed by atoms with Crippen molar-refractivity contribution in [2.75, 3.05) is 6.54 Å². The molecule has 1 aromatic carbocycles. The molecule has 0 unspecified atom stereocenters. The third-order valence-corrected chi connectivity index (χ3v) is 6.04. The van der Waals surface area contributed by atoms with E-state index in [9.17, 15) is 4.79 Å². The number of amidine groups is 1. The van der Waals surface area contributed by atoms with E-state index in [2.05, 4.69) is 32.7 Å². The second kappa shape index (κ2) is 8.60. The van der Waals surface area contributed by atoms with Gasteiger partial charge in [0.05, 0.1) is 11.5 Å². The summed E-state index contributed by atoms with van der Waals surface area (Å²) in [5, 5.41) is 10.8. The summed E-state index contributed by atoms with van der Waals surface area (Å²) in [5.41, 5.74) is 1.12. The molecular formula is C18H16BrN3OS2. The van der Waals surface area contributed by atoms with Gasteiger partial charge in [-0.3, -0.25) is 9.69 Å². The van der Waals surface area contributed by atoms with Crippen LogP contribution in [-0.2, 0) is 11.2 Å². The van der Waals surface area contributed by atoms with Gasteiger partial charge in [0, 0.05) is 15.9 Å². The first-order valence-electron chi connectivity index (χ1n) is 7.65. The lowest BCUT2D eigenvalue weighted by Crippen LogP contribution is -2.32. The minimum absolute atomic E-state index is 0.0536.